The van der Waals surface area contributed by atoms with E-state index in [2.05, 4.69) is 10.9 Å². The number of hydrogen-bond acceptors (Lipinski definition) is 7. The first kappa shape index (κ1) is 14.2. The van der Waals surface area contributed by atoms with Crippen LogP contribution in [0.15, 0.2) is 4.79 Å². The Labute approximate surface area is 116 Å². The van der Waals surface area contributed by atoms with Crippen LogP contribution in [-0.2, 0) is 11.3 Å². The highest BCUT2D eigenvalue weighted by atomic mass is 16.5. The second-order valence-electron chi connectivity index (χ2n) is 4.38. The van der Waals surface area contributed by atoms with Crippen LogP contribution in [0.5, 0.6) is 0 Å². The van der Waals surface area contributed by atoms with Crippen molar-refractivity contribution in [3.8, 4) is 12.3 Å². The van der Waals surface area contributed by atoms with Gasteiger partial charge in [0, 0.05) is 7.05 Å². The Bertz CT molecular complexity index is 592. The second kappa shape index (κ2) is 5.81. The number of aliphatic hydroxyl groups is 1. The molecule has 0 aliphatic carbocycles. The fraction of sp³-hybridized carbons (Fsp3) is 0.500. The fourth-order valence-electron chi connectivity index (χ4n) is 2.08. The summed E-state index contributed by atoms with van der Waals surface area (Å²) >= 11 is 0. The summed E-state index contributed by atoms with van der Waals surface area (Å²) < 4.78 is 6.51. The fourth-order valence-corrected chi connectivity index (χ4v) is 2.08. The minimum Gasteiger partial charge on any atom is -0.394 e. The number of fused-ring (bicyclic) bond motifs is 1. The summed E-state index contributed by atoms with van der Waals surface area (Å²) in [5.41, 5.74) is 5.95. The van der Waals surface area contributed by atoms with Gasteiger partial charge in [-0.05, 0) is 0 Å². The van der Waals surface area contributed by atoms with Crippen LogP contribution in [-0.4, -0.2) is 48.3 Å². The number of aromatic nitrogens is 2. The Hall–Kier alpha value is -2.24. The summed E-state index contributed by atoms with van der Waals surface area (Å²) in [5.74, 6) is 2.93. The Kier molecular flexibility index (Phi) is 4.12. The normalized spacial score (nSPS) is 13.4. The van der Waals surface area contributed by atoms with Crippen molar-refractivity contribution in [3.05, 3.63) is 10.4 Å². The molecule has 1 aliphatic heterocycles. The molecule has 0 radical (unpaired) electrons. The van der Waals surface area contributed by atoms with Gasteiger partial charge in [0.05, 0.1) is 26.4 Å². The van der Waals surface area contributed by atoms with Crippen molar-refractivity contribution in [3.63, 3.8) is 0 Å². The number of ether oxygens (including phenoxy) is 1. The van der Waals surface area contributed by atoms with E-state index in [4.69, 9.17) is 22.0 Å². The average molecular weight is 279 g/mol. The van der Waals surface area contributed by atoms with Crippen LogP contribution in [0.1, 0.15) is 0 Å². The van der Waals surface area contributed by atoms with Crippen LogP contribution in [0, 0.1) is 12.3 Å². The third-order valence-electron chi connectivity index (χ3n) is 2.95. The summed E-state index contributed by atoms with van der Waals surface area (Å²) in [7, 11) is 1.78. The van der Waals surface area contributed by atoms with Crippen molar-refractivity contribution in [2.45, 2.75) is 6.54 Å². The van der Waals surface area contributed by atoms with E-state index in [0.29, 0.717) is 18.2 Å². The van der Waals surface area contributed by atoms with Gasteiger partial charge in [-0.1, -0.05) is 5.92 Å². The zero-order valence-corrected chi connectivity index (χ0v) is 11.2. The predicted molar refractivity (Wildman–Crippen MR) is 75.4 cm³/mol. The van der Waals surface area contributed by atoms with Crippen molar-refractivity contribution >= 4 is 17.5 Å². The molecule has 0 fully saturated rings. The van der Waals surface area contributed by atoms with E-state index in [1.54, 1.807) is 16.8 Å². The monoisotopic (exact) mass is 279 g/mol. The van der Waals surface area contributed by atoms with Crippen molar-refractivity contribution < 1.29 is 9.84 Å². The lowest BCUT2D eigenvalue weighted by atomic mass is 10.4. The van der Waals surface area contributed by atoms with E-state index >= 15 is 0 Å². The minimum absolute atomic E-state index is 0.0597. The third kappa shape index (κ3) is 2.41. The Balaban J connectivity index is 2.36. The van der Waals surface area contributed by atoms with Crippen LogP contribution in [0.4, 0.5) is 17.5 Å². The first-order valence-corrected chi connectivity index (χ1v) is 6.08. The van der Waals surface area contributed by atoms with Crippen LogP contribution >= 0.6 is 0 Å². The number of nitrogens with two attached hydrogens (primary N) is 1. The first-order chi connectivity index (χ1) is 9.60. The predicted octanol–water partition coefficient (Wildman–Crippen LogP) is -1.36. The summed E-state index contributed by atoms with van der Waals surface area (Å²) in [6.45, 7) is 0.931. The van der Waals surface area contributed by atoms with Crippen LogP contribution < -0.4 is 21.1 Å². The van der Waals surface area contributed by atoms with E-state index in [9.17, 15) is 4.79 Å². The standard InChI is InChI=1S/C12H17N5O3/c1-3-4-17-11(19)9-10(14-12(17)13)16(7-15(9)2)8-20-6-5-18/h1,18H,4-8H2,2H3,(H2,13,14). The first-order valence-electron chi connectivity index (χ1n) is 6.08. The average Bonchev–Trinajstić information content (AvgIpc) is 2.71. The second-order valence-corrected chi connectivity index (χ2v) is 4.38. The molecule has 8 heteroatoms. The summed E-state index contributed by atoms with van der Waals surface area (Å²) in [6.07, 6.45) is 5.23. The molecule has 3 N–H and O–H groups in total. The van der Waals surface area contributed by atoms with Gasteiger partial charge < -0.3 is 25.4 Å². The van der Waals surface area contributed by atoms with Gasteiger partial charge in [0.25, 0.3) is 5.56 Å². The van der Waals surface area contributed by atoms with Gasteiger partial charge in [0.2, 0.25) is 5.95 Å². The molecule has 1 aromatic heterocycles. The van der Waals surface area contributed by atoms with Crippen LogP contribution in [0.3, 0.4) is 0 Å². The Morgan fingerprint density at radius 1 is 1.60 bits per heavy atom. The molecule has 0 spiro atoms. The van der Waals surface area contributed by atoms with Crippen molar-refractivity contribution in [2.75, 3.05) is 49.2 Å². The number of rotatable bonds is 5. The minimum atomic E-state index is -0.266. The highest BCUT2D eigenvalue weighted by molar-refractivity contribution is 5.72. The van der Waals surface area contributed by atoms with Crippen molar-refractivity contribution in [1.82, 2.24) is 9.55 Å². The van der Waals surface area contributed by atoms with E-state index in [1.165, 1.54) is 4.57 Å². The molecule has 1 aliphatic rings. The Morgan fingerprint density at radius 3 is 3.00 bits per heavy atom. The van der Waals surface area contributed by atoms with Crippen LogP contribution in [0.2, 0.25) is 0 Å². The van der Waals surface area contributed by atoms with Crippen LogP contribution in [0.25, 0.3) is 0 Å². The number of aliphatic hydroxyl groups excluding tert-OH is 1. The molecule has 2 heterocycles. The van der Waals surface area contributed by atoms with Crippen molar-refractivity contribution in [1.29, 1.82) is 0 Å². The maximum atomic E-state index is 12.4. The van der Waals surface area contributed by atoms with Gasteiger partial charge in [-0.15, -0.1) is 6.42 Å². The van der Waals surface area contributed by atoms with E-state index in [-0.39, 0.29) is 38.0 Å². The van der Waals surface area contributed by atoms with E-state index in [1.807, 2.05) is 0 Å². The number of nitrogens with zero attached hydrogens (tertiary/aromatic N) is 4. The highest BCUT2D eigenvalue weighted by Gasteiger charge is 2.29. The molecule has 2 rings (SSSR count). The maximum absolute atomic E-state index is 12.4. The third-order valence-corrected chi connectivity index (χ3v) is 2.95. The smallest absolute Gasteiger partial charge is 0.281 e. The molecule has 8 nitrogen and oxygen atoms in total. The number of hydrogen-bond donors (Lipinski definition) is 2. The summed E-state index contributed by atoms with van der Waals surface area (Å²) in [6, 6.07) is 0. The molecular formula is C12H17N5O3. The van der Waals surface area contributed by atoms with Gasteiger partial charge >= 0.3 is 0 Å². The molecule has 0 unspecified atom stereocenters. The van der Waals surface area contributed by atoms with Gasteiger partial charge in [0.15, 0.2) is 5.82 Å². The molecule has 0 saturated carbocycles. The van der Waals surface area contributed by atoms with Gasteiger partial charge in [-0.2, -0.15) is 4.98 Å². The summed E-state index contributed by atoms with van der Waals surface area (Å²) in [5, 5.41) is 8.71. The van der Waals surface area contributed by atoms with Gasteiger partial charge in [-0.3, -0.25) is 9.36 Å². The number of nitrogen functional groups attached to an aromatic ring is 1. The zero-order valence-electron chi connectivity index (χ0n) is 11.2. The quantitative estimate of drug-likeness (QED) is 0.507. The zero-order chi connectivity index (χ0) is 14.7. The molecule has 0 bridgehead atoms. The molecule has 0 amide bonds. The van der Waals surface area contributed by atoms with E-state index in [0.717, 1.165) is 0 Å². The molecule has 20 heavy (non-hydrogen) atoms. The molecule has 0 saturated heterocycles. The summed E-state index contributed by atoms with van der Waals surface area (Å²) in [4.78, 5) is 20.1. The number of anilines is 3. The maximum Gasteiger partial charge on any atom is 0.281 e. The molecule has 108 valence electrons. The lowest BCUT2D eigenvalue weighted by Crippen LogP contribution is -2.31. The largest absolute Gasteiger partial charge is 0.394 e. The number of terminal acetylenes is 1. The molecular weight excluding hydrogens is 262 g/mol. The Morgan fingerprint density at radius 2 is 2.35 bits per heavy atom. The molecule has 1 aromatic rings. The van der Waals surface area contributed by atoms with E-state index < -0.39 is 0 Å². The SMILES string of the molecule is C#CCn1c(N)nc2c(c1=O)N(C)CN2COCCO. The van der Waals surface area contributed by atoms with Gasteiger partial charge in [0.1, 0.15) is 12.4 Å². The lowest BCUT2D eigenvalue weighted by Gasteiger charge is -2.18. The lowest BCUT2D eigenvalue weighted by molar-refractivity contribution is 0.0930. The van der Waals surface area contributed by atoms with Crippen molar-refractivity contribution in [2.24, 2.45) is 0 Å². The topological polar surface area (TPSA) is 96.9 Å². The highest BCUT2D eigenvalue weighted by Crippen LogP contribution is 2.30. The molecule has 0 atom stereocenters. The van der Waals surface area contributed by atoms with Gasteiger partial charge in [-0.25, -0.2) is 0 Å². The molecule has 0 aromatic carbocycles.